The van der Waals surface area contributed by atoms with Crippen LogP contribution in [0.5, 0.6) is 0 Å². The minimum absolute atomic E-state index is 0.481. The molecule has 114 valence electrons. The molecule has 0 aromatic heterocycles. The number of esters is 1. The lowest BCUT2D eigenvalue weighted by Gasteiger charge is -2.33. The van der Waals surface area contributed by atoms with E-state index >= 15 is 0 Å². The first-order valence-corrected chi connectivity index (χ1v) is 7.10. The first kappa shape index (κ1) is 16.0. The van der Waals surface area contributed by atoms with Crippen molar-refractivity contribution < 1.29 is 14.6 Å². The van der Waals surface area contributed by atoms with Crippen LogP contribution < -0.4 is 0 Å². The van der Waals surface area contributed by atoms with Crippen LogP contribution in [-0.4, -0.2) is 18.2 Å². The zero-order valence-electron chi connectivity index (χ0n) is 12.8. The molecule has 0 amide bonds. The molecule has 0 aliphatic carbocycles. The lowest BCUT2D eigenvalue weighted by atomic mass is 9.76. The van der Waals surface area contributed by atoms with Crippen molar-refractivity contribution in [2.45, 2.75) is 18.4 Å². The first-order chi connectivity index (χ1) is 10.6. The molecule has 0 radical (unpaired) electrons. The zero-order valence-corrected chi connectivity index (χ0v) is 12.8. The normalized spacial score (nSPS) is 14.7. The van der Waals surface area contributed by atoms with Gasteiger partial charge in [0.05, 0.1) is 7.11 Å². The topological polar surface area (TPSA) is 46.5 Å². The Kier molecular flexibility index (Phi) is 4.78. The summed E-state index contributed by atoms with van der Waals surface area (Å²) in [5.74, 6) is -1.31. The van der Waals surface area contributed by atoms with E-state index in [4.69, 9.17) is 4.74 Å². The van der Waals surface area contributed by atoms with Crippen LogP contribution in [0.2, 0.25) is 0 Å². The van der Waals surface area contributed by atoms with Crippen LogP contribution in [0.1, 0.15) is 22.6 Å². The Labute approximate surface area is 130 Å². The molecule has 3 heteroatoms. The summed E-state index contributed by atoms with van der Waals surface area (Å²) < 4.78 is 4.88. The van der Waals surface area contributed by atoms with Crippen molar-refractivity contribution >= 4 is 5.97 Å². The van der Waals surface area contributed by atoms with Crippen molar-refractivity contribution in [1.82, 2.24) is 0 Å². The van der Waals surface area contributed by atoms with Gasteiger partial charge in [0.15, 0.2) is 5.60 Å². The maximum absolute atomic E-state index is 12.4. The highest BCUT2D eigenvalue weighted by molar-refractivity contribution is 5.83. The van der Waals surface area contributed by atoms with E-state index < -0.39 is 17.5 Å². The highest BCUT2D eigenvalue weighted by Gasteiger charge is 2.46. The molecular weight excluding hydrogens is 276 g/mol. The first-order valence-electron chi connectivity index (χ1n) is 7.10. The van der Waals surface area contributed by atoms with Crippen molar-refractivity contribution in [2.75, 3.05) is 7.11 Å². The van der Waals surface area contributed by atoms with E-state index in [0.29, 0.717) is 5.56 Å². The predicted molar refractivity (Wildman–Crippen MR) is 86.5 cm³/mol. The highest BCUT2D eigenvalue weighted by Crippen LogP contribution is 2.40. The summed E-state index contributed by atoms with van der Waals surface area (Å²) in [6.45, 7) is 5.76. The number of aliphatic hydroxyl groups is 1. The average Bonchev–Trinajstić information content (AvgIpc) is 2.57. The maximum atomic E-state index is 12.4. The van der Waals surface area contributed by atoms with Crippen molar-refractivity contribution in [3.05, 3.63) is 83.9 Å². The second kappa shape index (κ2) is 6.58. The third-order valence-electron chi connectivity index (χ3n) is 3.92. The summed E-state index contributed by atoms with van der Waals surface area (Å²) >= 11 is 0. The molecular formula is C19H20O3. The van der Waals surface area contributed by atoms with Crippen molar-refractivity contribution in [2.24, 2.45) is 0 Å². The Morgan fingerprint density at radius 2 is 1.77 bits per heavy atom. The van der Waals surface area contributed by atoms with Crippen LogP contribution in [0, 0.1) is 6.92 Å². The van der Waals surface area contributed by atoms with Crippen LogP contribution in [-0.2, 0) is 15.1 Å². The number of rotatable bonds is 5. The van der Waals surface area contributed by atoms with Crippen LogP contribution >= 0.6 is 0 Å². The van der Waals surface area contributed by atoms with Gasteiger partial charge in [0.2, 0.25) is 0 Å². The summed E-state index contributed by atoms with van der Waals surface area (Å²) in [4.78, 5) is 12.4. The molecule has 22 heavy (non-hydrogen) atoms. The lowest BCUT2D eigenvalue weighted by molar-refractivity contribution is -0.165. The summed E-state index contributed by atoms with van der Waals surface area (Å²) in [5.41, 5.74) is 0.485. The molecule has 0 saturated carbocycles. The molecule has 2 rings (SSSR count). The Balaban J connectivity index is 2.65. The number of aryl methyl sites for hydroxylation is 1. The molecule has 0 fully saturated rings. The van der Waals surface area contributed by atoms with Gasteiger partial charge in [0.1, 0.15) is 0 Å². The number of hydrogen-bond acceptors (Lipinski definition) is 3. The lowest BCUT2D eigenvalue weighted by Crippen LogP contribution is -2.42. The molecule has 1 N–H and O–H groups in total. The number of methoxy groups -OCH3 is 1. The number of benzene rings is 2. The molecule has 0 bridgehead atoms. The van der Waals surface area contributed by atoms with Crippen molar-refractivity contribution in [1.29, 1.82) is 0 Å². The SMILES string of the molecule is C=CC(c1ccccc1C)C(O)(C(=O)OC)c1ccccc1. The fourth-order valence-electron chi connectivity index (χ4n) is 2.73. The summed E-state index contributed by atoms with van der Waals surface area (Å²) in [7, 11) is 1.27. The third kappa shape index (κ3) is 2.68. The molecule has 3 nitrogen and oxygen atoms in total. The Morgan fingerprint density at radius 3 is 2.32 bits per heavy atom. The van der Waals surface area contributed by atoms with Gasteiger partial charge in [-0.1, -0.05) is 60.7 Å². The van der Waals surface area contributed by atoms with E-state index in [1.807, 2.05) is 37.3 Å². The predicted octanol–water partition coefficient (Wildman–Crippen LogP) is 3.33. The van der Waals surface area contributed by atoms with Gasteiger partial charge in [-0.05, 0) is 23.6 Å². The van der Waals surface area contributed by atoms with E-state index in [-0.39, 0.29) is 0 Å². The number of carbonyl (C=O) groups excluding carboxylic acids is 1. The summed E-state index contributed by atoms with van der Waals surface area (Å²) in [5, 5.41) is 11.2. The summed E-state index contributed by atoms with van der Waals surface area (Å²) in [6.07, 6.45) is 1.59. The number of ether oxygens (including phenoxy) is 1. The molecule has 2 aromatic carbocycles. The van der Waals surface area contributed by atoms with E-state index in [9.17, 15) is 9.90 Å². The van der Waals surface area contributed by atoms with Gasteiger partial charge in [-0.2, -0.15) is 0 Å². The fourth-order valence-corrected chi connectivity index (χ4v) is 2.73. The minimum Gasteiger partial charge on any atom is -0.467 e. The molecule has 2 aromatic rings. The van der Waals surface area contributed by atoms with Gasteiger partial charge in [0, 0.05) is 5.92 Å². The van der Waals surface area contributed by atoms with Crippen LogP contribution in [0.3, 0.4) is 0 Å². The Morgan fingerprint density at radius 1 is 1.18 bits per heavy atom. The van der Waals surface area contributed by atoms with Gasteiger partial charge in [-0.25, -0.2) is 4.79 Å². The monoisotopic (exact) mass is 296 g/mol. The van der Waals surface area contributed by atoms with Crippen molar-refractivity contribution in [3.8, 4) is 0 Å². The Hall–Kier alpha value is -2.39. The second-order valence-electron chi connectivity index (χ2n) is 5.19. The number of carbonyl (C=O) groups is 1. The van der Waals surface area contributed by atoms with Crippen LogP contribution in [0.15, 0.2) is 67.3 Å². The average molecular weight is 296 g/mol. The standard InChI is InChI=1S/C19H20O3/c1-4-17(16-13-9-8-10-14(16)2)19(21,18(20)22-3)15-11-6-5-7-12-15/h4-13,17,21H,1H2,2-3H3. The quantitative estimate of drug-likeness (QED) is 0.680. The molecule has 0 spiro atoms. The number of hydrogen-bond donors (Lipinski definition) is 1. The van der Waals surface area contributed by atoms with Gasteiger partial charge in [-0.15, -0.1) is 6.58 Å². The van der Waals surface area contributed by atoms with Crippen LogP contribution in [0.25, 0.3) is 0 Å². The molecule has 0 aliphatic heterocycles. The maximum Gasteiger partial charge on any atom is 0.343 e. The van der Waals surface area contributed by atoms with E-state index in [0.717, 1.165) is 11.1 Å². The van der Waals surface area contributed by atoms with Gasteiger partial charge >= 0.3 is 5.97 Å². The Bertz CT molecular complexity index is 663. The van der Waals surface area contributed by atoms with Gasteiger partial charge < -0.3 is 9.84 Å². The smallest absolute Gasteiger partial charge is 0.343 e. The summed E-state index contributed by atoms with van der Waals surface area (Å²) in [6, 6.07) is 16.4. The molecule has 2 unspecified atom stereocenters. The highest BCUT2D eigenvalue weighted by atomic mass is 16.5. The minimum atomic E-state index is -1.82. The molecule has 2 atom stereocenters. The van der Waals surface area contributed by atoms with E-state index in [1.54, 1.807) is 30.3 Å². The van der Waals surface area contributed by atoms with E-state index in [2.05, 4.69) is 6.58 Å². The van der Waals surface area contributed by atoms with Crippen LogP contribution in [0.4, 0.5) is 0 Å². The van der Waals surface area contributed by atoms with E-state index in [1.165, 1.54) is 7.11 Å². The zero-order chi connectivity index (χ0) is 16.2. The van der Waals surface area contributed by atoms with Gasteiger partial charge in [0.25, 0.3) is 0 Å². The van der Waals surface area contributed by atoms with Crippen molar-refractivity contribution in [3.63, 3.8) is 0 Å². The molecule has 0 heterocycles. The largest absolute Gasteiger partial charge is 0.467 e. The third-order valence-corrected chi connectivity index (χ3v) is 3.92. The fraction of sp³-hybridized carbons (Fsp3) is 0.211. The van der Waals surface area contributed by atoms with Gasteiger partial charge in [-0.3, -0.25) is 0 Å². The second-order valence-corrected chi connectivity index (χ2v) is 5.19. The molecule has 0 aliphatic rings. The molecule has 0 saturated heterocycles.